The van der Waals surface area contributed by atoms with Gasteiger partial charge in [0, 0.05) is 0 Å². The van der Waals surface area contributed by atoms with Gasteiger partial charge in [-0.1, -0.05) is 36.4 Å². The average molecular weight is 307 g/mol. The quantitative estimate of drug-likeness (QED) is 0.570. The molecule has 0 N–H and O–H groups in total. The Morgan fingerprint density at radius 2 is 1.95 bits per heavy atom. The van der Waals surface area contributed by atoms with E-state index in [-0.39, 0.29) is 5.56 Å². The molecule has 0 bridgehead atoms. The minimum Gasteiger partial charge on any atom is -0.294 e. The van der Waals surface area contributed by atoms with Crippen molar-refractivity contribution in [3.63, 3.8) is 0 Å². The molecule has 0 unspecified atom stereocenters. The summed E-state index contributed by atoms with van der Waals surface area (Å²) in [7, 11) is 0. The lowest BCUT2D eigenvalue weighted by Crippen LogP contribution is -2.21. The van der Waals surface area contributed by atoms with Crippen LogP contribution in [-0.4, -0.2) is 13.9 Å². The molecule has 2 aromatic carbocycles. The molecule has 0 saturated carbocycles. The van der Waals surface area contributed by atoms with E-state index in [2.05, 4.69) is 39.7 Å². The molecule has 0 amide bonds. The monoisotopic (exact) mass is 307 g/mol. The van der Waals surface area contributed by atoms with Gasteiger partial charge in [0.25, 0.3) is 5.56 Å². The molecular weight excluding hydrogens is 294 g/mol. The Morgan fingerprint density at radius 1 is 1.14 bits per heavy atom. The van der Waals surface area contributed by atoms with Gasteiger partial charge in [-0.15, -0.1) is 0 Å². The predicted molar refractivity (Wildman–Crippen MR) is 89.5 cm³/mol. The molecular formula is C17H13N3OS. The minimum absolute atomic E-state index is 0.0237. The lowest BCUT2D eigenvalue weighted by Gasteiger charge is -2.07. The Labute approximate surface area is 130 Å². The van der Waals surface area contributed by atoms with Crippen LogP contribution < -0.4 is 5.56 Å². The van der Waals surface area contributed by atoms with Crippen LogP contribution in [0.1, 0.15) is 11.3 Å². The molecule has 0 aliphatic carbocycles. The van der Waals surface area contributed by atoms with E-state index in [1.165, 1.54) is 22.3 Å². The average Bonchev–Trinajstić information content (AvgIpc) is 2.92. The summed E-state index contributed by atoms with van der Waals surface area (Å²) in [6.07, 6.45) is 1.61. The van der Waals surface area contributed by atoms with E-state index in [0.29, 0.717) is 16.8 Å². The van der Waals surface area contributed by atoms with Gasteiger partial charge in [0.2, 0.25) is 0 Å². The number of rotatable bonds is 2. The number of aryl methyl sites for hydroxylation is 1. The SMILES string of the molecule is Cc1nsc2ncn(Cc3ccc4ccccc4c3)c(=O)c12. The number of hydrogen-bond donors (Lipinski definition) is 0. The van der Waals surface area contributed by atoms with Gasteiger partial charge in [-0.25, -0.2) is 4.98 Å². The van der Waals surface area contributed by atoms with E-state index >= 15 is 0 Å². The van der Waals surface area contributed by atoms with Gasteiger partial charge < -0.3 is 0 Å². The molecule has 0 atom stereocenters. The largest absolute Gasteiger partial charge is 0.294 e. The summed E-state index contributed by atoms with van der Waals surface area (Å²) in [6, 6.07) is 14.5. The summed E-state index contributed by atoms with van der Waals surface area (Å²) in [5.74, 6) is 0. The summed E-state index contributed by atoms with van der Waals surface area (Å²) < 4.78 is 5.86. The maximum atomic E-state index is 12.6. The summed E-state index contributed by atoms with van der Waals surface area (Å²) in [5.41, 5.74) is 1.82. The fourth-order valence-corrected chi connectivity index (χ4v) is 3.39. The van der Waals surface area contributed by atoms with Gasteiger partial charge in [0.1, 0.15) is 0 Å². The van der Waals surface area contributed by atoms with E-state index in [0.717, 1.165) is 11.3 Å². The van der Waals surface area contributed by atoms with Crippen molar-refractivity contribution in [1.82, 2.24) is 13.9 Å². The molecule has 5 heteroatoms. The zero-order valence-corrected chi connectivity index (χ0v) is 12.8. The summed E-state index contributed by atoms with van der Waals surface area (Å²) in [6.45, 7) is 2.37. The fraction of sp³-hybridized carbons (Fsp3) is 0.118. The zero-order valence-electron chi connectivity index (χ0n) is 12.0. The van der Waals surface area contributed by atoms with Crippen molar-refractivity contribution < 1.29 is 0 Å². The maximum Gasteiger partial charge on any atom is 0.264 e. The van der Waals surface area contributed by atoms with Crippen LogP contribution in [0.2, 0.25) is 0 Å². The van der Waals surface area contributed by atoms with Gasteiger partial charge in [0.15, 0.2) is 4.83 Å². The van der Waals surface area contributed by atoms with Crippen molar-refractivity contribution in [2.75, 3.05) is 0 Å². The summed E-state index contributed by atoms with van der Waals surface area (Å²) in [4.78, 5) is 17.6. The van der Waals surface area contributed by atoms with Crippen LogP contribution in [0.5, 0.6) is 0 Å². The predicted octanol–water partition coefficient (Wildman–Crippen LogP) is 3.36. The Hall–Kier alpha value is -2.53. The fourth-order valence-electron chi connectivity index (χ4n) is 2.66. The molecule has 0 radical (unpaired) electrons. The minimum atomic E-state index is -0.0237. The van der Waals surface area contributed by atoms with Crippen LogP contribution in [0.25, 0.3) is 21.0 Å². The van der Waals surface area contributed by atoms with Crippen molar-refractivity contribution in [2.24, 2.45) is 0 Å². The normalized spacial score (nSPS) is 11.3. The maximum absolute atomic E-state index is 12.6. The van der Waals surface area contributed by atoms with Gasteiger partial charge >= 0.3 is 0 Å². The standard InChI is InChI=1S/C17H13N3OS/c1-11-15-16(22-19-11)18-10-20(17(15)21)9-12-6-7-13-4-2-3-5-14(13)8-12/h2-8,10H,9H2,1H3. The van der Waals surface area contributed by atoms with Crippen molar-refractivity contribution in [3.8, 4) is 0 Å². The van der Waals surface area contributed by atoms with Crippen LogP contribution in [0, 0.1) is 6.92 Å². The van der Waals surface area contributed by atoms with Crippen LogP contribution in [0.3, 0.4) is 0 Å². The Morgan fingerprint density at radius 3 is 2.82 bits per heavy atom. The second kappa shape index (κ2) is 5.03. The summed E-state index contributed by atoms with van der Waals surface area (Å²) >= 11 is 1.27. The van der Waals surface area contributed by atoms with Crippen LogP contribution in [0.15, 0.2) is 53.6 Å². The van der Waals surface area contributed by atoms with Gasteiger partial charge in [-0.2, -0.15) is 4.37 Å². The number of aromatic nitrogens is 3. The molecule has 2 aromatic heterocycles. The lowest BCUT2D eigenvalue weighted by molar-refractivity contribution is 0.749. The molecule has 0 spiro atoms. The van der Waals surface area contributed by atoms with Crippen molar-refractivity contribution in [2.45, 2.75) is 13.5 Å². The molecule has 108 valence electrons. The zero-order chi connectivity index (χ0) is 15.1. The van der Waals surface area contributed by atoms with E-state index in [9.17, 15) is 4.79 Å². The number of nitrogens with zero attached hydrogens (tertiary/aromatic N) is 3. The molecule has 0 aliphatic heterocycles. The number of benzene rings is 2. The third-order valence-corrected chi connectivity index (χ3v) is 4.65. The smallest absolute Gasteiger partial charge is 0.264 e. The van der Waals surface area contributed by atoms with E-state index in [4.69, 9.17) is 0 Å². The van der Waals surface area contributed by atoms with Crippen LogP contribution in [-0.2, 0) is 6.54 Å². The molecule has 4 nitrogen and oxygen atoms in total. The number of hydrogen-bond acceptors (Lipinski definition) is 4. The highest BCUT2D eigenvalue weighted by atomic mass is 32.1. The first-order chi connectivity index (χ1) is 10.7. The Balaban J connectivity index is 1.80. The molecule has 4 aromatic rings. The van der Waals surface area contributed by atoms with Crippen LogP contribution >= 0.6 is 11.5 Å². The second-order valence-electron chi connectivity index (χ2n) is 5.31. The van der Waals surface area contributed by atoms with Crippen molar-refractivity contribution >= 4 is 32.5 Å². The Kier molecular flexibility index (Phi) is 3.01. The van der Waals surface area contributed by atoms with E-state index in [1.807, 2.05) is 19.1 Å². The first-order valence-electron chi connectivity index (χ1n) is 7.01. The first-order valence-corrected chi connectivity index (χ1v) is 7.79. The third-order valence-electron chi connectivity index (χ3n) is 3.80. The summed E-state index contributed by atoms with van der Waals surface area (Å²) in [5, 5.41) is 3.01. The topological polar surface area (TPSA) is 47.8 Å². The highest BCUT2D eigenvalue weighted by Crippen LogP contribution is 2.18. The molecule has 0 aliphatic rings. The van der Waals surface area contributed by atoms with Crippen molar-refractivity contribution in [1.29, 1.82) is 0 Å². The second-order valence-corrected chi connectivity index (χ2v) is 6.06. The third kappa shape index (κ3) is 2.10. The lowest BCUT2D eigenvalue weighted by atomic mass is 10.1. The number of fused-ring (bicyclic) bond motifs is 2. The molecule has 2 heterocycles. The van der Waals surface area contributed by atoms with Gasteiger partial charge in [0.05, 0.1) is 24.0 Å². The van der Waals surface area contributed by atoms with Gasteiger partial charge in [-0.05, 0) is 40.9 Å². The molecule has 22 heavy (non-hydrogen) atoms. The molecule has 0 fully saturated rings. The Bertz CT molecular complexity index is 1050. The first kappa shape index (κ1) is 13.2. The molecule has 0 saturated heterocycles. The highest BCUT2D eigenvalue weighted by molar-refractivity contribution is 7.12. The van der Waals surface area contributed by atoms with Crippen molar-refractivity contribution in [3.05, 3.63) is 70.4 Å². The van der Waals surface area contributed by atoms with E-state index in [1.54, 1.807) is 10.9 Å². The highest BCUT2D eigenvalue weighted by Gasteiger charge is 2.10. The van der Waals surface area contributed by atoms with Gasteiger partial charge in [-0.3, -0.25) is 9.36 Å². The van der Waals surface area contributed by atoms with E-state index < -0.39 is 0 Å². The molecule has 4 rings (SSSR count). The van der Waals surface area contributed by atoms with Crippen LogP contribution in [0.4, 0.5) is 0 Å².